The predicted octanol–water partition coefficient (Wildman–Crippen LogP) is 3.78. The van der Waals surface area contributed by atoms with Crippen molar-refractivity contribution in [3.63, 3.8) is 0 Å². The molecule has 0 bridgehead atoms. The fraction of sp³-hybridized carbons (Fsp3) is 0.190. The van der Waals surface area contributed by atoms with Crippen LogP contribution in [-0.2, 0) is 5.54 Å². The first-order chi connectivity index (χ1) is 15.2. The van der Waals surface area contributed by atoms with Gasteiger partial charge in [0.15, 0.2) is 0 Å². The quantitative estimate of drug-likeness (QED) is 0.611. The predicted molar refractivity (Wildman–Crippen MR) is 108 cm³/mol. The van der Waals surface area contributed by atoms with Crippen molar-refractivity contribution in [2.24, 2.45) is 0 Å². The number of fused-ring (bicyclic) bond motifs is 1. The minimum Gasteiger partial charge on any atom is -0.491 e. The third kappa shape index (κ3) is 4.26. The number of benzene rings is 1. The van der Waals surface area contributed by atoms with E-state index in [1.165, 1.54) is 30.6 Å². The van der Waals surface area contributed by atoms with Crippen LogP contribution < -0.4 is 20.3 Å². The number of aromatic amines is 1. The summed E-state index contributed by atoms with van der Waals surface area (Å²) in [4.78, 5) is 31.2. The average Bonchev–Trinajstić information content (AvgIpc) is 2.73. The summed E-state index contributed by atoms with van der Waals surface area (Å²) in [7, 11) is 0. The van der Waals surface area contributed by atoms with Gasteiger partial charge in [0, 0.05) is 30.4 Å². The number of rotatable bonds is 4. The van der Waals surface area contributed by atoms with E-state index in [0.29, 0.717) is 17.0 Å². The first-order valence-corrected chi connectivity index (χ1v) is 9.71. The molecule has 11 heteroatoms. The molecule has 0 aliphatic carbocycles. The second kappa shape index (κ2) is 8.19. The lowest BCUT2D eigenvalue weighted by molar-refractivity contribution is -0.274. The van der Waals surface area contributed by atoms with E-state index in [2.05, 4.69) is 20.0 Å². The number of nitrogens with zero attached hydrogens (tertiary/aromatic N) is 1. The molecule has 0 fully saturated rings. The highest BCUT2D eigenvalue weighted by molar-refractivity contribution is 6.31. The van der Waals surface area contributed by atoms with Gasteiger partial charge in [-0.1, -0.05) is 17.7 Å². The van der Waals surface area contributed by atoms with Crippen LogP contribution >= 0.6 is 11.6 Å². The number of hydrogen-bond acceptors (Lipinski definition) is 5. The smallest absolute Gasteiger partial charge is 0.491 e. The first-order valence-electron chi connectivity index (χ1n) is 9.33. The van der Waals surface area contributed by atoms with Crippen molar-refractivity contribution in [1.29, 1.82) is 0 Å². The molecule has 2 aromatic heterocycles. The first kappa shape index (κ1) is 21.7. The van der Waals surface area contributed by atoms with Gasteiger partial charge in [-0.15, -0.1) is 13.2 Å². The Morgan fingerprint density at radius 1 is 1.25 bits per heavy atom. The maximum Gasteiger partial charge on any atom is 0.573 e. The molecule has 0 saturated heterocycles. The van der Waals surface area contributed by atoms with Crippen molar-refractivity contribution in [2.75, 3.05) is 6.61 Å². The summed E-state index contributed by atoms with van der Waals surface area (Å²) in [6.07, 6.45) is -1.92. The number of aromatic nitrogens is 2. The summed E-state index contributed by atoms with van der Waals surface area (Å²) in [6.45, 7) is 0.182. The molecule has 3 heterocycles. The van der Waals surface area contributed by atoms with E-state index in [0.717, 1.165) is 12.1 Å². The largest absolute Gasteiger partial charge is 0.573 e. The molecule has 1 atom stereocenters. The number of carbonyl (C=O) groups is 1. The van der Waals surface area contributed by atoms with Crippen LogP contribution in [0.4, 0.5) is 13.2 Å². The fourth-order valence-corrected chi connectivity index (χ4v) is 3.90. The Morgan fingerprint density at radius 3 is 2.75 bits per heavy atom. The molecule has 32 heavy (non-hydrogen) atoms. The minimum atomic E-state index is -4.88. The van der Waals surface area contributed by atoms with Crippen molar-refractivity contribution in [3.05, 3.63) is 87.1 Å². The molecule has 1 aliphatic heterocycles. The molecule has 0 saturated carbocycles. The van der Waals surface area contributed by atoms with Gasteiger partial charge in [0.25, 0.3) is 5.91 Å². The van der Waals surface area contributed by atoms with E-state index in [1.807, 2.05) is 0 Å². The molecular weight excluding hydrogens is 451 g/mol. The topological polar surface area (TPSA) is 93.3 Å². The van der Waals surface area contributed by atoms with Crippen LogP contribution in [0.1, 0.15) is 28.0 Å². The molecule has 0 unspecified atom stereocenters. The lowest BCUT2D eigenvalue weighted by atomic mass is 9.81. The number of amides is 1. The van der Waals surface area contributed by atoms with Crippen LogP contribution in [0.2, 0.25) is 5.02 Å². The molecule has 1 aromatic carbocycles. The van der Waals surface area contributed by atoms with Gasteiger partial charge in [0.1, 0.15) is 22.7 Å². The molecule has 0 radical (unpaired) electrons. The van der Waals surface area contributed by atoms with Crippen LogP contribution in [0.15, 0.2) is 59.7 Å². The molecule has 1 aliphatic rings. The molecule has 1 amide bonds. The number of carbonyl (C=O) groups excluding carboxylic acids is 1. The normalized spacial score (nSPS) is 17.8. The fourth-order valence-electron chi connectivity index (χ4n) is 3.57. The molecule has 7 nitrogen and oxygen atoms in total. The van der Waals surface area contributed by atoms with Gasteiger partial charge < -0.3 is 19.8 Å². The average molecular weight is 466 g/mol. The van der Waals surface area contributed by atoms with E-state index < -0.39 is 23.6 Å². The molecule has 4 rings (SSSR count). The Balaban J connectivity index is 1.82. The summed E-state index contributed by atoms with van der Waals surface area (Å²) < 4.78 is 47.4. The number of nitrogens with one attached hydrogen (secondary N) is 2. The molecule has 166 valence electrons. The number of H-pyrrole nitrogens is 1. The van der Waals surface area contributed by atoms with Crippen LogP contribution in [0, 0.1) is 0 Å². The van der Waals surface area contributed by atoms with E-state index in [4.69, 9.17) is 16.3 Å². The van der Waals surface area contributed by atoms with Crippen molar-refractivity contribution >= 4 is 17.5 Å². The number of halogens is 4. The highest BCUT2D eigenvalue weighted by Crippen LogP contribution is 2.44. The van der Waals surface area contributed by atoms with Crippen LogP contribution in [0.5, 0.6) is 11.5 Å². The zero-order valence-electron chi connectivity index (χ0n) is 16.2. The van der Waals surface area contributed by atoms with Gasteiger partial charge >= 0.3 is 6.36 Å². The standard InChI is InChI=1S/C21H15ClF3N3O4/c22-15-10-13(32-21(23,24)25)4-5-14(15)20(7-9-31-16-2-1-8-26-18(16)20)28-19(30)12-3-6-17(29)27-11-12/h1-6,8,10-11H,7,9H2,(H,27,29)(H,28,30)/t20-/m0/s1. The van der Waals surface area contributed by atoms with E-state index in [-0.39, 0.29) is 29.2 Å². The lowest BCUT2D eigenvalue weighted by Crippen LogP contribution is -2.50. The van der Waals surface area contributed by atoms with Gasteiger partial charge in [-0.2, -0.15) is 0 Å². The second-order valence-corrected chi connectivity index (χ2v) is 7.35. The molecular formula is C21H15ClF3N3O4. The van der Waals surface area contributed by atoms with E-state index in [1.54, 1.807) is 12.1 Å². The van der Waals surface area contributed by atoms with E-state index in [9.17, 15) is 22.8 Å². The molecule has 2 N–H and O–H groups in total. The Labute approximate surface area is 184 Å². The Hall–Kier alpha value is -3.53. The van der Waals surface area contributed by atoms with Gasteiger partial charge in [0.05, 0.1) is 17.2 Å². The second-order valence-electron chi connectivity index (χ2n) is 6.94. The Kier molecular flexibility index (Phi) is 5.55. The Morgan fingerprint density at radius 2 is 2.06 bits per heavy atom. The van der Waals surface area contributed by atoms with Gasteiger partial charge in [0.2, 0.25) is 5.56 Å². The van der Waals surface area contributed by atoms with Gasteiger partial charge in [-0.05, 0) is 30.3 Å². The molecule has 3 aromatic rings. The monoisotopic (exact) mass is 465 g/mol. The van der Waals surface area contributed by atoms with Crippen molar-refractivity contribution < 1.29 is 27.4 Å². The zero-order chi connectivity index (χ0) is 22.9. The SMILES string of the molecule is O=C(N[C@]1(c2ccc(OC(F)(F)F)cc2Cl)CCOc2cccnc21)c1ccc(=O)[nH]c1. The number of hydrogen-bond donors (Lipinski definition) is 2. The summed E-state index contributed by atoms with van der Waals surface area (Å²) in [6, 6.07) is 9.35. The molecule has 0 spiro atoms. The van der Waals surface area contributed by atoms with Gasteiger partial charge in [-0.25, -0.2) is 0 Å². The maximum atomic E-state index is 13.1. The van der Waals surface area contributed by atoms with E-state index >= 15 is 0 Å². The minimum absolute atomic E-state index is 0.0629. The third-order valence-electron chi connectivity index (χ3n) is 4.92. The number of alkyl halides is 3. The van der Waals surface area contributed by atoms with Crippen LogP contribution in [-0.4, -0.2) is 28.8 Å². The summed E-state index contributed by atoms with van der Waals surface area (Å²) in [5.41, 5.74) is -0.862. The van der Waals surface area contributed by atoms with Crippen LogP contribution in [0.25, 0.3) is 0 Å². The van der Waals surface area contributed by atoms with Crippen molar-refractivity contribution in [1.82, 2.24) is 15.3 Å². The summed E-state index contributed by atoms with van der Waals surface area (Å²) in [5, 5.41) is 2.84. The summed E-state index contributed by atoms with van der Waals surface area (Å²) >= 11 is 6.38. The maximum absolute atomic E-state index is 13.1. The van der Waals surface area contributed by atoms with Crippen molar-refractivity contribution in [2.45, 2.75) is 18.3 Å². The van der Waals surface area contributed by atoms with Gasteiger partial charge in [-0.3, -0.25) is 14.6 Å². The lowest BCUT2D eigenvalue weighted by Gasteiger charge is -2.39. The highest BCUT2D eigenvalue weighted by atomic mass is 35.5. The third-order valence-corrected chi connectivity index (χ3v) is 5.23. The number of ether oxygens (including phenoxy) is 2. The van der Waals surface area contributed by atoms with Crippen LogP contribution in [0.3, 0.4) is 0 Å². The van der Waals surface area contributed by atoms with Crippen molar-refractivity contribution in [3.8, 4) is 11.5 Å². The summed E-state index contributed by atoms with van der Waals surface area (Å²) in [5.74, 6) is -0.652. The Bertz CT molecular complexity index is 1210. The zero-order valence-corrected chi connectivity index (χ0v) is 17.0. The highest BCUT2D eigenvalue weighted by Gasteiger charge is 2.44. The number of pyridine rings is 2.